The third kappa shape index (κ3) is 3.26. The van der Waals surface area contributed by atoms with Crippen LogP contribution in [0.4, 0.5) is 0 Å². The lowest BCUT2D eigenvalue weighted by Gasteiger charge is -2.09. The Bertz CT molecular complexity index is 604. The first kappa shape index (κ1) is 13.9. The number of oxazole rings is 1. The minimum Gasteiger partial charge on any atom is -0.440 e. The molecule has 0 fully saturated rings. The van der Waals surface area contributed by atoms with Crippen molar-refractivity contribution in [2.24, 2.45) is 0 Å². The highest BCUT2D eigenvalue weighted by atomic mass is 32.2. The van der Waals surface area contributed by atoms with Gasteiger partial charge in [0.2, 0.25) is 0 Å². The Labute approximate surface area is 117 Å². The molecular formula is C15H17NO2S. The molecule has 0 aliphatic carbocycles. The Morgan fingerprint density at radius 3 is 2.58 bits per heavy atom. The first-order valence-corrected chi connectivity index (χ1v) is 7.05. The Balaban J connectivity index is 2.12. The Morgan fingerprint density at radius 1 is 1.26 bits per heavy atom. The highest BCUT2D eigenvalue weighted by Crippen LogP contribution is 2.25. The van der Waals surface area contributed by atoms with E-state index >= 15 is 0 Å². The Kier molecular flexibility index (Phi) is 4.10. The zero-order valence-corrected chi connectivity index (χ0v) is 12.4. The summed E-state index contributed by atoms with van der Waals surface area (Å²) >= 11 is 1.35. The van der Waals surface area contributed by atoms with Crippen molar-refractivity contribution in [3.63, 3.8) is 0 Å². The molecule has 1 atom stereocenters. The lowest BCUT2D eigenvalue weighted by atomic mass is 10.0. The maximum absolute atomic E-state index is 12.3. The van der Waals surface area contributed by atoms with E-state index in [1.807, 2.05) is 45.9 Å². The van der Waals surface area contributed by atoms with E-state index in [9.17, 15) is 4.79 Å². The minimum atomic E-state index is -0.208. The summed E-state index contributed by atoms with van der Waals surface area (Å²) in [7, 11) is 0. The van der Waals surface area contributed by atoms with E-state index in [-0.39, 0.29) is 11.0 Å². The van der Waals surface area contributed by atoms with Crippen molar-refractivity contribution in [3.05, 3.63) is 46.8 Å². The monoisotopic (exact) mass is 275 g/mol. The number of Topliss-reactive ketones (excluding diaryl/α,β-unsaturated/α-hetero) is 1. The molecule has 1 aromatic carbocycles. The lowest BCUT2D eigenvalue weighted by molar-refractivity contribution is 0.0993. The van der Waals surface area contributed by atoms with Gasteiger partial charge in [-0.25, -0.2) is 4.98 Å². The van der Waals surface area contributed by atoms with E-state index < -0.39 is 0 Å². The SMILES string of the molecule is Cc1coc(SC(C)C(=O)c2ccc(C)c(C)c2)n1. The molecule has 0 saturated carbocycles. The molecule has 1 aromatic heterocycles. The number of nitrogens with zero attached hydrogens (tertiary/aromatic N) is 1. The summed E-state index contributed by atoms with van der Waals surface area (Å²) in [6.45, 7) is 7.80. The fraction of sp³-hybridized carbons (Fsp3) is 0.333. The average Bonchev–Trinajstić information content (AvgIpc) is 2.77. The zero-order valence-electron chi connectivity index (χ0n) is 11.6. The van der Waals surface area contributed by atoms with Gasteiger partial charge < -0.3 is 4.42 Å². The largest absolute Gasteiger partial charge is 0.440 e. The number of ketones is 1. The van der Waals surface area contributed by atoms with Gasteiger partial charge in [0, 0.05) is 5.56 Å². The van der Waals surface area contributed by atoms with Crippen LogP contribution in [0.3, 0.4) is 0 Å². The van der Waals surface area contributed by atoms with Crippen LogP contribution in [0.25, 0.3) is 0 Å². The molecular weight excluding hydrogens is 258 g/mol. The molecule has 1 unspecified atom stereocenters. The summed E-state index contributed by atoms with van der Waals surface area (Å²) in [4.78, 5) is 16.5. The number of benzene rings is 1. The van der Waals surface area contributed by atoms with E-state index in [0.717, 1.165) is 16.8 Å². The standard InChI is InChI=1S/C15H17NO2S/c1-9-5-6-13(7-10(9)2)14(17)12(4)19-15-16-11(3)8-18-15/h5-8,12H,1-4H3. The summed E-state index contributed by atoms with van der Waals surface area (Å²) in [5.74, 6) is 0.101. The van der Waals surface area contributed by atoms with Crippen LogP contribution >= 0.6 is 11.8 Å². The average molecular weight is 275 g/mol. The molecule has 100 valence electrons. The van der Waals surface area contributed by atoms with E-state index in [0.29, 0.717) is 5.22 Å². The first-order valence-electron chi connectivity index (χ1n) is 6.17. The molecule has 1 heterocycles. The predicted molar refractivity (Wildman–Crippen MR) is 76.8 cm³/mol. The van der Waals surface area contributed by atoms with Gasteiger partial charge in [0.15, 0.2) is 5.78 Å². The number of aryl methyl sites for hydroxylation is 3. The molecule has 0 aliphatic rings. The molecule has 0 bridgehead atoms. The first-order chi connectivity index (χ1) is 8.97. The van der Waals surface area contributed by atoms with E-state index in [1.54, 1.807) is 6.26 Å². The van der Waals surface area contributed by atoms with Gasteiger partial charge in [0.05, 0.1) is 10.9 Å². The number of carbonyl (C=O) groups excluding carboxylic acids is 1. The fourth-order valence-corrected chi connectivity index (χ4v) is 2.57. The molecule has 0 N–H and O–H groups in total. The second kappa shape index (κ2) is 5.61. The summed E-state index contributed by atoms with van der Waals surface area (Å²) in [6.07, 6.45) is 1.59. The van der Waals surface area contributed by atoms with Gasteiger partial charge in [-0.1, -0.05) is 23.9 Å². The predicted octanol–water partition coefficient (Wildman–Crippen LogP) is 3.96. The van der Waals surface area contributed by atoms with Crippen LogP contribution in [0.15, 0.2) is 34.1 Å². The molecule has 2 rings (SSSR count). The van der Waals surface area contributed by atoms with Crippen molar-refractivity contribution in [3.8, 4) is 0 Å². The van der Waals surface area contributed by atoms with Crippen LogP contribution < -0.4 is 0 Å². The number of carbonyl (C=O) groups is 1. The Morgan fingerprint density at radius 2 is 2.00 bits per heavy atom. The maximum Gasteiger partial charge on any atom is 0.256 e. The van der Waals surface area contributed by atoms with Crippen molar-refractivity contribution in [2.45, 2.75) is 38.2 Å². The van der Waals surface area contributed by atoms with Crippen molar-refractivity contribution in [2.75, 3.05) is 0 Å². The fourth-order valence-electron chi connectivity index (χ4n) is 1.72. The molecule has 0 saturated heterocycles. The topological polar surface area (TPSA) is 43.1 Å². The van der Waals surface area contributed by atoms with Crippen LogP contribution in [0.1, 0.15) is 34.1 Å². The minimum absolute atomic E-state index is 0.101. The lowest BCUT2D eigenvalue weighted by Crippen LogP contribution is -2.13. The second-order valence-corrected chi connectivity index (χ2v) is 5.97. The summed E-state index contributed by atoms with van der Waals surface area (Å²) in [5.41, 5.74) is 3.90. The number of hydrogen-bond acceptors (Lipinski definition) is 4. The molecule has 19 heavy (non-hydrogen) atoms. The summed E-state index contributed by atoms with van der Waals surface area (Å²) in [5, 5.41) is 0.335. The molecule has 0 spiro atoms. The van der Waals surface area contributed by atoms with Gasteiger partial charge in [0.25, 0.3) is 5.22 Å². The van der Waals surface area contributed by atoms with Crippen LogP contribution in [0, 0.1) is 20.8 Å². The van der Waals surface area contributed by atoms with E-state index in [4.69, 9.17) is 4.42 Å². The van der Waals surface area contributed by atoms with Crippen LogP contribution in [-0.2, 0) is 0 Å². The number of hydrogen-bond donors (Lipinski definition) is 0. The number of rotatable bonds is 4. The third-order valence-corrected chi connectivity index (χ3v) is 3.99. The number of aromatic nitrogens is 1. The highest BCUT2D eigenvalue weighted by Gasteiger charge is 2.19. The normalized spacial score (nSPS) is 12.4. The van der Waals surface area contributed by atoms with Gasteiger partial charge in [-0.15, -0.1) is 0 Å². The van der Waals surface area contributed by atoms with Gasteiger partial charge in [0.1, 0.15) is 6.26 Å². The zero-order chi connectivity index (χ0) is 14.0. The molecule has 2 aromatic rings. The quantitative estimate of drug-likeness (QED) is 0.625. The van der Waals surface area contributed by atoms with Crippen LogP contribution in [0.5, 0.6) is 0 Å². The van der Waals surface area contributed by atoms with Crippen molar-refractivity contribution >= 4 is 17.5 Å². The maximum atomic E-state index is 12.3. The molecule has 4 heteroatoms. The third-order valence-electron chi connectivity index (χ3n) is 3.04. The number of thioether (sulfide) groups is 1. The summed E-state index contributed by atoms with van der Waals surface area (Å²) in [6, 6.07) is 5.80. The molecule has 0 aliphatic heterocycles. The molecule has 0 amide bonds. The van der Waals surface area contributed by atoms with Gasteiger partial charge in [-0.2, -0.15) is 0 Å². The smallest absolute Gasteiger partial charge is 0.256 e. The van der Waals surface area contributed by atoms with Gasteiger partial charge in [-0.05, 0) is 44.9 Å². The van der Waals surface area contributed by atoms with E-state index in [1.165, 1.54) is 17.3 Å². The van der Waals surface area contributed by atoms with Gasteiger partial charge >= 0.3 is 0 Å². The van der Waals surface area contributed by atoms with Crippen molar-refractivity contribution < 1.29 is 9.21 Å². The summed E-state index contributed by atoms with van der Waals surface area (Å²) < 4.78 is 5.26. The molecule has 3 nitrogen and oxygen atoms in total. The van der Waals surface area contributed by atoms with Crippen molar-refractivity contribution in [1.29, 1.82) is 0 Å². The molecule has 0 radical (unpaired) electrons. The van der Waals surface area contributed by atoms with Crippen LogP contribution in [-0.4, -0.2) is 16.0 Å². The highest BCUT2D eigenvalue weighted by molar-refractivity contribution is 8.00. The van der Waals surface area contributed by atoms with E-state index in [2.05, 4.69) is 4.98 Å². The van der Waals surface area contributed by atoms with Crippen LogP contribution in [0.2, 0.25) is 0 Å². The van der Waals surface area contributed by atoms with Gasteiger partial charge in [-0.3, -0.25) is 4.79 Å². The van der Waals surface area contributed by atoms with Crippen molar-refractivity contribution in [1.82, 2.24) is 4.98 Å². The Hall–Kier alpha value is -1.55. The second-order valence-electron chi connectivity index (χ2n) is 4.68.